The number of nitrogens with zero attached hydrogens (tertiary/aromatic N) is 3. The number of Topliss-reactive ketones (excluding diaryl/α,β-unsaturated/α-hetero) is 1. The van der Waals surface area contributed by atoms with Crippen molar-refractivity contribution in [1.82, 2.24) is 31.1 Å². The minimum absolute atomic E-state index is 0.0123. The van der Waals surface area contributed by atoms with Gasteiger partial charge < -0.3 is 88.7 Å². The Balaban J connectivity index is 0.000000228. The Morgan fingerprint density at radius 3 is 1.01 bits per heavy atom. The van der Waals surface area contributed by atoms with E-state index in [2.05, 4.69) is 82.1 Å². The Morgan fingerprint density at radius 2 is 0.622 bits per heavy atom. The third-order valence-corrected chi connectivity index (χ3v) is 24.6. The van der Waals surface area contributed by atoms with E-state index in [-0.39, 0.29) is 138 Å². The minimum Gasteiger partial charge on any atom is -0.432 e. The zero-order valence-electron chi connectivity index (χ0n) is 85.4. The molecule has 3 aliphatic carbocycles. The first-order chi connectivity index (χ1) is 71.8. The maximum atomic E-state index is 13.5. The highest BCUT2D eigenvalue weighted by molar-refractivity contribution is 6.06. The monoisotopic (exact) mass is 2060 g/mol. The topological polar surface area (TPSA) is 493 Å². The number of nitrogens with one attached hydrogen (secondary N) is 6. The third kappa shape index (κ3) is 37.2. The van der Waals surface area contributed by atoms with Crippen LogP contribution < -0.4 is 31.9 Å². The molecule has 3 heterocycles. The molecule has 0 saturated carbocycles. The molecular weight excluding hydrogens is 1920 g/mol. The molecule has 40 nitrogen and oxygen atoms in total. The van der Waals surface area contributed by atoms with Crippen LogP contribution in [0, 0.1) is 0 Å². The molecule has 6 aromatic carbocycles. The van der Waals surface area contributed by atoms with Crippen molar-refractivity contribution in [2.24, 2.45) is 0 Å². The second-order valence-electron chi connectivity index (χ2n) is 35.8. The summed E-state index contributed by atoms with van der Waals surface area (Å²) in [4.78, 5) is 212. The number of amides is 12. The molecule has 0 spiro atoms. The van der Waals surface area contributed by atoms with E-state index in [9.17, 15) is 76.7 Å². The van der Waals surface area contributed by atoms with Crippen LogP contribution in [0.15, 0.2) is 109 Å². The molecule has 0 aromatic heterocycles. The van der Waals surface area contributed by atoms with Crippen LogP contribution in [0.25, 0.3) is 33.4 Å². The summed E-state index contributed by atoms with van der Waals surface area (Å²) in [6, 6.07) is 33.9. The first-order valence-electron chi connectivity index (χ1n) is 50.9. The summed E-state index contributed by atoms with van der Waals surface area (Å²) >= 11 is 0. The molecule has 148 heavy (non-hydrogen) atoms. The van der Waals surface area contributed by atoms with E-state index in [4.69, 9.17) is 71.4 Å². The fourth-order valence-corrected chi connectivity index (χ4v) is 17.1. The van der Waals surface area contributed by atoms with Crippen LogP contribution in [0.5, 0.6) is 0 Å². The highest BCUT2D eigenvalue weighted by Crippen LogP contribution is 2.51. The number of hydroxylamine groups is 6. The lowest BCUT2D eigenvalue weighted by Gasteiger charge is -2.17. The number of rotatable bonds is 63. The fourth-order valence-electron chi connectivity index (χ4n) is 17.1. The molecule has 3 fully saturated rings. The van der Waals surface area contributed by atoms with E-state index in [0.29, 0.717) is 212 Å². The van der Waals surface area contributed by atoms with E-state index in [1.807, 2.05) is 31.2 Å². The molecule has 40 heteroatoms. The van der Waals surface area contributed by atoms with E-state index in [0.717, 1.165) is 118 Å². The molecule has 3 aliphatic heterocycles. The third-order valence-electron chi connectivity index (χ3n) is 24.6. The number of carbonyl (C=O) groups excluding carboxylic acids is 16. The normalized spacial score (nSPS) is 14.8. The van der Waals surface area contributed by atoms with Gasteiger partial charge in [-0.3, -0.25) is 76.8 Å². The van der Waals surface area contributed by atoms with Crippen LogP contribution in [0.4, 0.5) is 31.4 Å². The van der Waals surface area contributed by atoms with Crippen molar-refractivity contribution >= 4 is 112 Å². The number of methoxy groups -OCH3 is 3. The summed E-state index contributed by atoms with van der Waals surface area (Å²) in [5.74, 6) is -6.23. The number of aryl methyl sites for hydroxylation is 2. The number of ether oxygens (including phenoxy) is 12. The number of unbranched alkanes of at least 4 members (excludes halogenated alkanes) is 3. The average molecular weight is 2060 g/mol. The minimum atomic E-state index is -1.21. The largest absolute Gasteiger partial charge is 0.533 e. The summed E-state index contributed by atoms with van der Waals surface area (Å²) in [6.45, 7) is 13.9. The molecule has 6 aromatic rings. The van der Waals surface area contributed by atoms with Gasteiger partial charge in [-0.15, -0.1) is 0 Å². The molecule has 12 rings (SSSR count). The summed E-state index contributed by atoms with van der Waals surface area (Å²) in [6.07, 6.45) is 9.33. The zero-order valence-corrected chi connectivity index (χ0v) is 85.4. The van der Waals surface area contributed by atoms with Gasteiger partial charge >= 0.3 is 18.5 Å². The van der Waals surface area contributed by atoms with Gasteiger partial charge in [-0.1, -0.05) is 128 Å². The predicted molar refractivity (Wildman–Crippen MR) is 539 cm³/mol. The number of benzene rings is 6. The highest BCUT2D eigenvalue weighted by Gasteiger charge is 2.41. The number of hydrogen-bond acceptors (Lipinski definition) is 31. The van der Waals surface area contributed by atoms with Crippen molar-refractivity contribution in [3.05, 3.63) is 159 Å². The standard InChI is InChI=1S/C39H53N3O10.C38H49N3O11.C31H37N3O10/c1-3-4-21-49-23-18-40-35(43)10-5-8-28-12-14-30-31-15-13-29(9-6-11-36(44)41-19-24-50-22-7-20-48-2)26-33(31)34(32(30)25-28)27-51-39(47)52-42-37(45)16-17-38(42)46;1-3-4-20-50-23-18-39-33(43)12-6-13-34(44)40-26-14-15-28-30(24-26)31(25-51-38(47)52-41-35(45)16-17-36(41)46)27-9-5-10-29(37(27)28)32(42)11-7-21-49-22-8-19-48-2;1-3-4-13-41-18-27(35)32-20-6-8-22-23-9-7-21(33-28(36)19-42-14-5-12-40-2)16-25(23)26(24(22)15-20)17-43-31(39)44-34-29(37)10-11-30(34)38/h12-15,25-26,34H,3-11,16-24,27H2,1-2H3,(H,40,43)(H,41,44);5,9-10,14-15,24,31H,3-4,6-8,11-13,16-23,25H2,1-2H3,(H,39,43)(H,40,44);6-9,15-16,26H,3-5,10-14,17-19H2,1-2H3,(H,32,35)(H,33,36). The van der Waals surface area contributed by atoms with Gasteiger partial charge in [0.15, 0.2) is 5.78 Å². The maximum absolute atomic E-state index is 13.5. The van der Waals surface area contributed by atoms with Crippen LogP contribution in [-0.4, -0.2) is 270 Å². The van der Waals surface area contributed by atoms with Crippen LogP contribution in [0.1, 0.15) is 247 Å². The first kappa shape index (κ1) is 117. The van der Waals surface area contributed by atoms with Crippen LogP contribution >= 0.6 is 0 Å². The van der Waals surface area contributed by atoms with E-state index >= 15 is 0 Å². The lowest BCUT2D eigenvalue weighted by Crippen LogP contribution is -2.32. The molecule has 6 N–H and O–H groups in total. The van der Waals surface area contributed by atoms with Crippen LogP contribution in [-0.2, 0) is 142 Å². The average Bonchev–Trinajstić information content (AvgIpc) is 1.40. The van der Waals surface area contributed by atoms with E-state index < -0.39 is 65.7 Å². The Bertz CT molecular complexity index is 5470. The number of carbonyl (C=O) groups is 16. The van der Waals surface area contributed by atoms with Crippen molar-refractivity contribution in [2.45, 2.75) is 205 Å². The number of hydrogen-bond donors (Lipinski definition) is 6. The summed E-state index contributed by atoms with van der Waals surface area (Å²) in [7, 11) is 4.87. The number of anilines is 3. The van der Waals surface area contributed by atoms with Gasteiger partial charge in [-0.25, -0.2) is 14.4 Å². The second-order valence-corrected chi connectivity index (χ2v) is 35.8. The molecule has 3 unspecified atom stereocenters. The van der Waals surface area contributed by atoms with Crippen molar-refractivity contribution in [3.8, 4) is 33.4 Å². The fraction of sp³-hybridized carbons (Fsp3) is 0.519. The first-order valence-corrected chi connectivity index (χ1v) is 50.9. The van der Waals surface area contributed by atoms with Gasteiger partial charge in [-0.05, 0) is 191 Å². The summed E-state index contributed by atoms with van der Waals surface area (Å²) < 4.78 is 64.2. The Kier molecular flexibility index (Phi) is 49.9. The smallest absolute Gasteiger partial charge is 0.432 e. The number of imide groups is 3. The SMILES string of the molecule is CCCCOCC(=O)Nc1ccc2c(c1)C(COC(=O)ON1C(=O)CCC1=O)c1cc(NC(=O)COCCCOC)ccc1-2.CCCCOCCNC(=O)CCCC(=O)Nc1ccc2c(c1)C(COC(=O)ON1C(=O)CCC1=O)c1cccc(C(=O)CCCOCCCOC)c1-2.CCCCOCCNC(=O)CCCc1ccc2c(c1)C(COC(=O)ON1C(=O)CCC1=O)c1cc(CCCC(=O)NCCOCCCOC)ccc1-2. The lowest BCUT2D eigenvalue weighted by atomic mass is 9.93. The van der Waals surface area contributed by atoms with Gasteiger partial charge in [-0.2, -0.15) is 0 Å². The second kappa shape index (κ2) is 63.4. The summed E-state index contributed by atoms with van der Waals surface area (Å²) in [5, 5.41) is 18.4. The molecule has 0 bridgehead atoms. The van der Waals surface area contributed by atoms with Crippen molar-refractivity contribution in [1.29, 1.82) is 0 Å². The van der Waals surface area contributed by atoms with Crippen LogP contribution in [0.2, 0.25) is 0 Å². The van der Waals surface area contributed by atoms with E-state index in [1.54, 1.807) is 69.9 Å². The Labute approximate surface area is 861 Å². The zero-order chi connectivity index (χ0) is 106. The van der Waals surface area contributed by atoms with Crippen molar-refractivity contribution in [3.63, 3.8) is 0 Å². The Hall–Kier alpha value is -13.3. The molecule has 3 saturated heterocycles. The molecule has 12 amide bonds. The Morgan fingerprint density at radius 1 is 0.304 bits per heavy atom. The number of fused-ring (bicyclic) bond motifs is 9. The van der Waals surface area contributed by atoms with Gasteiger partial charge in [0.05, 0.1) is 19.8 Å². The van der Waals surface area contributed by atoms with Crippen LogP contribution in [0.3, 0.4) is 0 Å². The molecular formula is C108H139N9O31. The summed E-state index contributed by atoms with van der Waals surface area (Å²) in [5.41, 5.74) is 14.2. The maximum Gasteiger partial charge on any atom is 0.533 e. The molecule has 0 radical (unpaired) electrons. The van der Waals surface area contributed by atoms with Gasteiger partial charge in [0.1, 0.15) is 33.0 Å². The molecule has 6 aliphatic rings. The van der Waals surface area contributed by atoms with Gasteiger partial charge in [0.25, 0.3) is 35.4 Å². The van der Waals surface area contributed by atoms with Crippen molar-refractivity contribution in [2.75, 3.05) is 176 Å². The van der Waals surface area contributed by atoms with E-state index in [1.165, 1.54) is 0 Å². The predicted octanol–water partition coefficient (Wildman–Crippen LogP) is 13.6. The van der Waals surface area contributed by atoms with Gasteiger partial charge in [0, 0.05) is 218 Å². The van der Waals surface area contributed by atoms with Crippen molar-refractivity contribution < 1.29 is 148 Å². The lowest BCUT2D eigenvalue weighted by molar-refractivity contribution is -0.177. The quantitative estimate of drug-likeness (QED) is 0.00679. The molecule has 3 atom stereocenters. The number of ketones is 1. The highest BCUT2D eigenvalue weighted by atomic mass is 16.8. The van der Waals surface area contributed by atoms with Gasteiger partial charge in [0.2, 0.25) is 35.4 Å². The molecule has 802 valence electrons.